The maximum absolute atomic E-state index is 12.7. The summed E-state index contributed by atoms with van der Waals surface area (Å²) in [5.41, 5.74) is 9.01. The van der Waals surface area contributed by atoms with Gasteiger partial charge in [0.1, 0.15) is 5.75 Å². The van der Waals surface area contributed by atoms with Crippen molar-refractivity contribution in [3.63, 3.8) is 0 Å². The van der Waals surface area contributed by atoms with Crippen LogP contribution in [0.4, 0.5) is 5.69 Å². The van der Waals surface area contributed by atoms with Crippen LogP contribution in [0.3, 0.4) is 0 Å². The standard InChI is InChI=1S/C24H26N4O4/c1-31-21-5-3-4-17(14-21)16-28(32-2)23(29)15-22(25)18-6-8-19(9-7-18)24(30)27-20-10-12-26-13-11-20/h3-14,22H,15-16,25H2,1-2H3,(H,26,27,30). The van der Waals surface area contributed by atoms with Crippen LogP contribution in [0.25, 0.3) is 0 Å². The third-order valence-electron chi connectivity index (χ3n) is 4.89. The topological polar surface area (TPSA) is 107 Å². The number of carbonyl (C=O) groups is 2. The number of nitrogens with zero attached hydrogens (tertiary/aromatic N) is 2. The molecule has 0 aliphatic rings. The number of methoxy groups -OCH3 is 1. The minimum Gasteiger partial charge on any atom is -0.497 e. The van der Waals surface area contributed by atoms with E-state index in [1.54, 1.807) is 55.9 Å². The first kappa shape index (κ1) is 22.9. The Kier molecular flexibility index (Phi) is 7.91. The van der Waals surface area contributed by atoms with Crippen molar-refractivity contribution in [2.75, 3.05) is 19.5 Å². The summed E-state index contributed by atoms with van der Waals surface area (Å²) in [6, 6.07) is 17.2. The quantitative estimate of drug-likeness (QED) is 0.501. The van der Waals surface area contributed by atoms with Gasteiger partial charge in [0.05, 0.1) is 20.8 Å². The zero-order valence-corrected chi connectivity index (χ0v) is 18.0. The fraction of sp³-hybridized carbons (Fsp3) is 0.208. The van der Waals surface area contributed by atoms with E-state index in [1.165, 1.54) is 12.2 Å². The SMILES string of the molecule is COc1cccc(CN(OC)C(=O)CC(N)c2ccc(C(=O)Nc3ccncc3)cc2)c1. The Hall–Kier alpha value is -3.75. The largest absolute Gasteiger partial charge is 0.497 e. The monoisotopic (exact) mass is 434 g/mol. The number of ether oxygens (including phenoxy) is 1. The zero-order chi connectivity index (χ0) is 22.9. The third kappa shape index (κ3) is 6.13. The van der Waals surface area contributed by atoms with Gasteiger partial charge in [0.2, 0.25) is 5.91 Å². The molecule has 0 aliphatic heterocycles. The molecule has 3 aromatic rings. The lowest BCUT2D eigenvalue weighted by Gasteiger charge is -2.22. The van der Waals surface area contributed by atoms with Gasteiger partial charge in [-0.1, -0.05) is 24.3 Å². The van der Waals surface area contributed by atoms with Gasteiger partial charge in [-0.3, -0.25) is 19.4 Å². The Morgan fingerprint density at radius 1 is 1.06 bits per heavy atom. The van der Waals surface area contributed by atoms with E-state index in [-0.39, 0.29) is 24.8 Å². The number of anilines is 1. The molecular formula is C24H26N4O4. The Labute approximate surface area is 186 Å². The van der Waals surface area contributed by atoms with Gasteiger partial charge >= 0.3 is 0 Å². The summed E-state index contributed by atoms with van der Waals surface area (Å²) in [5, 5.41) is 4.07. The van der Waals surface area contributed by atoms with E-state index in [1.807, 2.05) is 24.3 Å². The number of hydroxylamine groups is 2. The summed E-state index contributed by atoms with van der Waals surface area (Å²) < 4.78 is 5.22. The molecular weight excluding hydrogens is 408 g/mol. The summed E-state index contributed by atoms with van der Waals surface area (Å²) in [5.74, 6) is 0.217. The molecule has 0 spiro atoms. The molecule has 3 rings (SSSR count). The highest BCUT2D eigenvalue weighted by Gasteiger charge is 2.19. The van der Waals surface area contributed by atoms with E-state index in [2.05, 4.69) is 10.3 Å². The molecule has 0 saturated heterocycles. The average molecular weight is 434 g/mol. The highest BCUT2D eigenvalue weighted by molar-refractivity contribution is 6.04. The first-order chi connectivity index (χ1) is 15.5. The number of hydrogen-bond donors (Lipinski definition) is 2. The van der Waals surface area contributed by atoms with Crippen LogP contribution in [-0.2, 0) is 16.2 Å². The lowest BCUT2D eigenvalue weighted by atomic mass is 10.0. The highest BCUT2D eigenvalue weighted by Crippen LogP contribution is 2.19. The van der Waals surface area contributed by atoms with Gasteiger partial charge in [0.25, 0.3) is 5.91 Å². The lowest BCUT2D eigenvalue weighted by Crippen LogP contribution is -2.32. The van der Waals surface area contributed by atoms with Crippen LogP contribution >= 0.6 is 0 Å². The Morgan fingerprint density at radius 3 is 2.44 bits per heavy atom. The molecule has 0 bridgehead atoms. The Morgan fingerprint density at radius 2 is 1.78 bits per heavy atom. The minimum atomic E-state index is -0.539. The van der Waals surface area contributed by atoms with Gasteiger partial charge in [-0.2, -0.15) is 0 Å². The van der Waals surface area contributed by atoms with Crippen LogP contribution in [0, 0.1) is 0 Å². The molecule has 0 radical (unpaired) electrons. The van der Waals surface area contributed by atoms with Crippen LogP contribution in [0.5, 0.6) is 5.75 Å². The van der Waals surface area contributed by atoms with E-state index >= 15 is 0 Å². The predicted molar refractivity (Wildman–Crippen MR) is 121 cm³/mol. The Bertz CT molecular complexity index is 1040. The summed E-state index contributed by atoms with van der Waals surface area (Å²) >= 11 is 0. The molecule has 3 N–H and O–H groups in total. The fourth-order valence-corrected chi connectivity index (χ4v) is 3.12. The summed E-state index contributed by atoms with van der Waals surface area (Å²) in [6.07, 6.45) is 3.26. The molecule has 0 fully saturated rings. The fourth-order valence-electron chi connectivity index (χ4n) is 3.12. The van der Waals surface area contributed by atoms with Gasteiger partial charge < -0.3 is 15.8 Å². The first-order valence-corrected chi connectivity index (χ1v) is 10.0. The molecule has 1 atom stereocenters. The van der Waals surface area contributed by atoms with Crippen molar-refractivity contribution in [2.24, 2.45) is 5.73 Å². The number of hydrogen-bond acceptors (Lipinski definition) is 6. The molecule has 8 nitrogen and oxygen atoms in total. The van der Waals surface area contributed by atoms with Crippen LogP contribution in [0.1, 0.15) is 33.9 Å². The summed E-state index contributed by atoms with van der Waals surface area (Å²) in [6.45, 7) is 0.271. The summed E-state index contributed by atoms with van der Waals surface area (Å²) in [4.78, 5) is 34.3. The van der Waals surface area contributed by atoms with Crippen LogP contribution in [-0.4, -0.2) is 36.1 Å². The van der Waals surface area contributed by atoms with E-state index in [9.17, 15) is 9.59 Å². The molecule has 8 heteroatoms. The number of nitrogens with two attached hydrogens (primary N) is 1. The maximum Gasteiger partial charge on any atom is 0.255 e. The second kappa shape index (κ2) is 11.0. The van der Waals surface area contributed by atoms with Crippen molar-refractivity contribution in [3.05, 3.63) is 89.7 Å². The normalized spacial score (nSPS) is 11.5. The third-order valence-corrected chi connectivity index (χ3v) is 4.89. The van der Waals surface area contributed by atoms with Crippen molar-refractivity contribution in [2.45, 2.75) is 19.0 Å². The molecule has 2 aromatic carbocycles. The van der Waals surface area contributed by atoms with E-state index in [0.29, 0.717) is 17.0 Å². The molecule has 1 heterocycles. The number of aromatic nitrogens is 1. The Balaban J connectivity index is 1.59. The van der Waals surface area contributed by atoms with Gasteiger partial charge in [-0.25, -0.2) is 5.06 Å². The highest BCUT2D eigenvalue weighted by atomic mass is 16.7. The average Bonchev–Trinajstić information content (AvgIpc) is 2.83. The molecule has 166 valence electrons. The molecule has 0 aliphatic carbocycles. The molecule has 2 amide bonds. The number of nitrogens with one attached hydrogen (secondary N) is 1. The van der Waals surface area contributed by atoms with Gasteiger partial charge in [-0.05, 0) is 47.5 Å². The number of rotatable bonds is 9. The molecule has 32 heavy (non-hydrogen) atoms. The maximum atomic E-state index is 12.7. The predicted octanol–water partition coefficient (Wildman–Crippen LogP) is 3.32. The number of pyridine rings is 1. The van der Waals surface area contributed by atoms with Crippen LogP contribution in [0.15, 0.2) is 73.1 Å². The van der Waals surface area contributed by atoms with E-state index < -0.39 is 6.04 Å². The van der Waals surface area contributed by atoms with E-state index in [4.69, 9.17) is 15.3 Å². The van der Waals surface area contributed by atoms with Crippen LogP contribution < -0.4 is 15.8 Å². The summed E-state index contributed by atoms with van der Waals surface area (Å²) in [7, 11) is 3.03. The second-order valence-electron chi connectivity index (χ2n) is 7.09. The van der Waals surface area contributed by atoms with Crippen molar-refractivity contribution < 1.29 is 19.2 Å². The van der Waals surface area contributed by atoms with Crippen LogP contribution in [0.2, 0.25) is 0 Å². The number of carbonyl (C=O) groups excluding carboxylic acids is 2. The van der Waals surface area contributed by atoms with Gasteiger partial charge in [0.15, 0.2) is 0 Å². The smallest absolute Gasteiger partial charge is 0.255 e. The lowest BCUT2D eigenvalue weighted by molar-refractivity contribution is -0.179. The van der Waals surface area contributed by atoms with Crippen molar-refractivity contribution in [1.82, 2.24) is 10.0 Å². The van der Waals surface area contributed by atoms with Crippen molar-refractivity contribution >= 4 is 17.5 Å². The second-order valence-corrected chi connectivity index (χ2v) is 7.09. The molecule has 1 aromatic heterocycles. The minimum absolute atomic E-state index is 0.0559. The van der Waals surface area contributed by atoms with Gasteiger partial charge in [0, 0.05) is 36.1 Å². The van der Waals surface area contributed by atoms with Crippen molar-refractivity contribution in [1.29, 1.82) is 0 Å². The van der Waals surface area contributed by atoms with Gasteiger partial charge in [-0.15, -0.1) is 0 Å². The number of benzene rings is 2. The first-order valence-electron chi connectivity index (χ1n) is 10.0. The molecule has 1 unspecified atom stereocenters. The van der Waals surface area contributed by atoms with E-state index in [0.717, 1.165) is 11.1 Å². The zero-order valence-electron chi connectivity index (χ0n) is 18.0. The molecule has 0 saturated carbocycles. The van der Waals surface area contributed by atoms with Crippen molar-refractivity contribution in [3.8, 4) is 5.75 Å². The number of amides is 2.